The Hall–Kier alpha value is -4.55. The van der Waals surface area contributed by atoms with E-state index in [0.29, 0.717) is 5.56 Å². The molecule has 0 bridgehead atoms. The van der Waals surface area contributed by atoms with Crippen molar-refractivity contribution in [1.29, 1.82) is 0 Å². The average molecular weight is 942 g/mol. The molecule has 0 amide bonds. The van der Waals surface area contributed by atoms with Crippen LogP contribution in [0.5, 0.6) is 0 Å². The van der Waals surface area contributed by atoms with E-state index in [9.17, 15) is 4.79 Å². The fourth-order valence-electron chi connectivity index (χ4n) is 7.08. The van der Waals surface area contributed by atoms with Crippen molar-refractivity contribution in [3.8, 4) is 22.3 Å². The standard InChI is InChI=1S/C25H17Br.C13H9BrO.C12H9Br.V/c26-20-16-14-19(15-17-20)25(18-8-2-1-3-9-18)23-12-6-4-10-21(23)22-11-5-7-13-24(22)25;14-12-8-6-11(7-9-12)13(15)10-4-2-1-3-5-10;13-12-9-5-4-8-11(12)10-6-2-1-3-7-10;/h1-17H;1-9H;1-9H;. The number of fused-ring (bicyclic) bond motifs is 3. The minimum absolute atomic E-state index is 0. The summed E-state index contributed by atoms with van der Waals surface area (Å²) in [7, 11) is 0. The van der Waals surface area contributed by atoms with Crippen LogP contribution < -0.4 is 0 Å². The summed E-state index contributed by atoms with van der Waals surface area (Å²) in [4.78, 5) is 11.9. The molecule has 0 saturated heterocycles. The minimum atomic E-state index is -0.283. The molecular weight excluding hydrogens is 907 g/mol. The topological polar surface area (TPSA) is 17.1 Å². The van der Waals surface area contributed by atoms with Gasteiger partial charge in [0.05, 0.1) is 5.41 Å². The monoisotopic (exact) mass is 939 g/mol. The average Bonchev–Trinajstić information content (AvgIpc) is 3.54. The molecule has 55 heavy (non-hydrogen) atoms. The van der Waals surface area contributed by atoms with Gasteiger partial charge in [-0.2, -0.15) is 0 Å². The van der Waals surface area contributed by atoms with Crippen LogP contribution in [0.2, 0.25) is 0 Å². The van der Waals surface area contributed by atoms with E-state index in [-0.39, 0.29) is 29.8 Å². The fourth-order valence-corrected chi connectivity index (χ4v) is 8.12. The maximum Gasteiger partial charge on any atom is 0.193 e. The van der Waals surface area contributed by atoms with Gasteiger partial charge in [0.2, 0.25) is 0 Å². The Morgan fingerprint density at radius 1 is 0.364 bits per heavy atom. The van der Waals surface area contributed by atoms with Crippen molar-refractivity contribution < 1.29 is 23.4 Å². The second-order valence-corrected chi connectivity index (χ2v) is 15.4. The van der Waals surface area contributed by atoms with E-state index in [0.717, 1.165) is 19.0 Å². The SMILES string of the molecule is Brc1ccc(C2(c3ccccc3)c3ccccc3-c3ccccc32)cc1.Brc1ccccc1-c1ccccc1.O=C(c1ccccc1)c1ccc(Br)cc1.[V]. The molecule has 5 heteroatoms. The molecule has 1 aliphatic carbocycles. The van der Waals surface area contributed by atoms with Crippen LogP contribution in [-0.4, -0.2) is 5.78 Å². The summed E-state index contributed by atoms with van der Waals surface area (Å²) in [6.07, 6.45) is 0. The summed E-state index contributed by atoms with van der Waals surface area (Å²) in [6, 6.07) is 72.5. The first kappa shape index (κ1) is 40.1. The summed E-state index contributed by atoms with van der Waals surface area (Å²) in [5, 5.41) is 0. The van der Waals surface area contributed by atoms with Crippen molar-refractivity contribution in [2.24, 2.45) is 0 Å². The van der Waals surface area contributed by atoms with Gasteiger partial charge in [-0.3, -0.25) is 4.79 Å². The molecule has 0 spiro atoms. The Kier molecular flexibility index (Phi) is 13.8. The van der Waals surface area contributed by atoms with E-state index >= 15 is 0 Å². The molecule has 1 nitrogen and oxygen atoms in total. The van der Waals surface area contributed by atoms with Crippen LogP contribution in [0, 0.1) is 0 Å². The van der Waals surface area contributed by atoms with Crippen molar-refractivity contribution in [2.45, 2.75) is 5.41 Å². The zero-order valence-electron chi connectivity index (χ0n) is 29.7. The molecule has 0 saturated carbocycles. The van der Waals surface area contributed by atoms with Crippen LogP contribution >= 0.6 is 47.8 Å². The van der Waals surface area contributed by atoms with Gasteiger partial charge in [-0.25, -0.2) is 0 Å². The smallest absolute Gasteiger partial charge is 0.193 e. The van der Waals surface area contributed by atoms with Gasteiger partial charge >= 0.3 is 0 Å². The zero-order valence-corrected chi connectivity index (χ0v) is 35.9. The molecule has 267 valence electrons. The number of rotatable bonds is 5. The summed E-state index contributed by atoms with van der Waals surface area (Å²) in [5.41, 5.74) is 11.6. The van der Waals surface area contributed by atoms with Gasteiger partial charge in [-0.15, -0.1) is 0 Å². The summed E-state index contributed by atoms with van der Waals surface area (Å²) < 4.78 is 3.22. The quantitative estimate of drug-likeness (QED) is 0.157. The largest absolute Gasteiger partial charge is 0.289 e. The summed E-state index contributed by atoms with van der Waals surface area (Å²) >= 11 is 10.5. The molecule has 8 aromatic rings. The number of carbonyl (C=O) groups is 1. The Morgan fingerprint density at radius 3 is 1.27 bits per heavy atom. The molecule has 0 unspecified atom stereocenters. The van der Waals surface area contributed by atoms with Gasteiger partial charge in [0.25, 0.3) is 0 Å². The molecule has 0 atom stereocenters. The number of ketones is 1. The summed E-state index contributed by atoms with van der Waals surface area (Å²) in [6.45, 7) is 0. The number of carbonyl (C=O) groups excluding carboxylic acids is 1. The van der Waals surface area contributed by atoms with Crippen LogP contribution in [0.3, 0.4) is 0 Å². The van der Waals surface area contributed by atoms with Crippen molar-refractivity contribution in [2.75, 3.05) is 0 Å². The van der Waals surface area contributed by atoms with E-state index in [2.05, 4.69) is 187 Å². The van der Waals surface area contributed by atoms with Crippen molar-refractivity contribution in [1.82, 2.24) is 0 Å². The molecule has 0 heterocycles. The van der Waals surface area contributed by atoms with Gasteiger partial charge in [-0.1, -0.05) is 218 Å². The third-order valence-electron chi connectivity index (χ3n) is 9.54. The van der Waals surface area contributed by atoms with Crippen LogP contribution in [0.1, 0.15) is 38.2 Å². The predicted molar refractivity (Wildman–Crippen MR) is 235 cm³/mol. The Balaban J connectivity index is 0.000000152. The third kappa shape index (κ3) is 8.81. The molecule has 0 aliphatic heterocycles. The van der Waals surface area contributed by atoms with Crippen LogP contribution in [0.4, 0.5) is 0 Å². The third-order valence-corrected chi connectivity index (χ3v) is 11.3. The number of benzene rings is 8. The maximum atomic E-state index is 11.9. The molecule has 0 fully saturated rings. The predicted octanol–water partition coefficient (Wildman–Crippen LogP) is 14.6. The first-order valence-electron chi connectivity index (χ1n) is 17.6. The molecule has 0 aromatic heterocycles. The number of hydrogen-bond donors (Lipinski definition) is 0. The first-order chi connectivity index (χ1) is 26.5. The van der Waals surface area contributed by atoms with E-state index < -0.39 is 0 Å². The molecule has 9 rings (SSSR count). The maximum absolute atomic E-state index is 11.9. The fraction of sp³-hybridized carbons (Fsp3) is 0.0200. The zero-order chi connectivity index (χ0) is 37.3. The molecule has 1 radical (unpaired) electrons. The Labute approximate surface area is 360 Å². The molecule has 8 aromatic carbocycles. The van der Waals surface area contributed by atoms with Crippen LogP contribution in [0.25, 0.3) is 22.3 Å². The van der Waals surface area contributed by atoms with Gasteiger partial charge in [-0.05, 0) is 87.0 Å². The van der Waals surface area contributed by atoms with E-state index in [1.54, 1.807) is 0 Å². The van der Waals surface area contributed by atoms with Gasteiger partial charge < -0.3 is 0 Å². The minimum Gasteiger partial charge on any atom is -0.289 e. The Morgan fingerprint density at radius 2 is 0.745 bits per heavy atom. The van der Waals surface area contributed by atoms with Gasteiger partial charge in [0.1, 0.15) is 0 Å². The number of hydrogen-bond acceptors (Lipinski definition) is 1. The second kappa shape index (κ2) is 18.9. The van der Waals surface area contributed by atoms with Crippen LogP contribution in [-0.2, 0) is 24.0 Å². The van der Waals surface area contributed by atoms with Crippen molar-refractivity contribution in [3.05, 3.63) is 259 Å². The molecule has 0 N–H and O–H groups in total. The normalized spacial score (nSPS) is 11.6. The summed E-state index contributed by atoms with van der Waals surface area (Å²) in [5.74, 6) is 0.0584. The van der Waals surface area contributed by atoms with E-state index in [1.165, 1.54) is 44.5 Å². The van der Waals surface area contributed by atoms with Crippen molar-refractivity contribution >= 4 is 53.6 Å². The van der Waals surface area contributed by atoms with E-state index in [4.69, 9.17) is 0 Å². The first-order valence-corrected chi connectivity index (χ1v) is 20.0. The van der Waals surface area contributed by atoms with Gasteiger partial charge in [0.15, 0.2) is 5.78 Å². The Bertz CT molecular complexity index is 2420. The molecule has 1 aliphatic rings. The van der Waals surface area contributed by atoms with Gasteiger partial charge in [0, 0.05) is 43.1 Å². The van der Waals surface area contributed by atoms with Crippen LogP contribution in [0.15, 0.2) is 226 Å². The van der Waals surface area contributed by atoms with E-state index in [1.807, 2.05) is 72.8 Å². The molecular formula is C50H35Br3OV. The number of halogens is 3. The second-order valence-electron chi connectivity index (χ2n) is 12.8. The van der Waals surface area contributed by atoms with Crippen molar-refractivity contribution in [3.63, 3.8) is 0 Å².